The Morgan fingerprint density at radius 2 is 2.11 bits per heavy atom. The summed E-state index contributed by atoms with van der Waals surface area (Å²) in [4.78, 5) is 26.6. The molecule has 0 aromatic carbocycles. The second-order valence-electron chi connectivity index (χ2n) is 9.93. The third-order valence-electron chi connectivity index (χ3n) is 7.63. The van der Waals surface area contributed by atoms with Crippen molar-refractivity contribution < 1.29 is 9.53 Å². The van der Waals surface area contributed by atoms with E-state index in [9.17, 15) is 10.1 Å². The Hall–Kier alpha value is -3.77. The van der Waals surface area contributed by atoms with Crippen molar-refractivity contribution in [3.05, 3.63) is 42.4 Å². The Morgan fingerprint density at radius 3 is 2.81 bits per heavy atom. The molecule has 0 unspecified atom stereocenters. The van der Waals surface area contributed by atoms with Crippen LogP contribution in [0.1, 0.15) is 36.9 Å². The van der Waals surface area contributed by atoms with E-state index in [-0.39, 0.29) is 18.1 Å². The van der Waals surface area contributed by atoms with E-state index in [4.69, 9.17) is 9.72 Å². The first-order valence-electron chi connectivity index (χ1n) is 12.6. The number of aryl methyl sites for hydroxylation is 1. The minimum atomic E-state index is 0.0795. The molecule has 5 heterocycles. The molecule has 36 heavy (non-hydrogen) atoms. The fourth-order valence-electron chi connectivity index (χ4n) is 5.37. The van der Waals surface area contributed by atoms with Crippen LogP contribution >= 0.6 is 0 Å². The van der Waals surface area contributed by atoms with Gasteiger partial charge in [-0.1, -0.05) is 6.58 Å². The summed E-state index contributed by atoms with van der Waals surface area (Å²) in [5.74, 6) is 1.40. The van der Waals surface area contributed by atoms with Crippen molar-refractivity contribution in [2.45, 2.75) is 37.8 Å². The molecule has 184 valence electrons. The number of amides is 1. The number of piperazine rings is 1. The van der Waals surface area contributed by atoms with E-state index in [1.165, 1.54) is 0 Å². The largest absolute Gasteiger partial charge is 0.377 e. The van der Waals surface area contributed by atoms with Gasteiger partial charge in [-0.15, -0.1) is 0 Å². The second kappa shape index (κ2) is 9.03. The fraction of sp³-hybridized carbons (Fsp3) is 0.444. The van der Waals surface area contributed by atoms with Gasteiger partial charge in [0.05, 0.1) is 36.0 Å². The molecule has 1 aliphatic carbocycles. The third kappa shape index (κ3) is 4.01. The summed E-state index contributed by atoms with van der Waals surface area (Å²) in [6, 6.07) is 6.37. The van der Waals surface area contributed by atoms with E-state index in [0.29, 0.717) is 43.4 Å². The molecule has 9 heteroatoms. The number of hydrogen-bond donors (Lipinski definition) is 0. The Kier molecular flexibility index (Phi) is 5.69. The van der Waals surface area contributed by atoms with Crippen LogP contribution in [0.25, 0.3) is 28.2 Å². The number of carbonyl (C=O) groups excluding carboxylic acids is 1. The molecule has 0 radical (unpaired) electrons. The van der Waals surface area contributed by atoms with E-state index in [0.717, 1.165) is 53.7 Å². The number of fused-ring (bicyclic) bond motifs is 1. The summed E-state index contributed by atoms with van der Waals surface area (Å²) in [6.45, 7) is 6.62. The Morgan fingerprint density at radius 1 is 1.28 bits per heavy atom. The summed E-state index contributed by atoms with van der Waals surface area (Å²) in [7, 11) is 1.86. The second-order valence-corrected chi connectivity index (χ2v) is 9.93. The van der Waals surface area contributed by atoms with E-state index in [1.54, 1.807) is 17.0 Å². The summed E-state index contributed by atoms with van der Waals surface area (Å²) in [6.07, 6.45) is 9.13. The summed E-state index contributed by atoms with van der Waals surface area (Å²) in [5, 5.41) is 15.3. The van der Waals surface area contributed by atoms with Crippen LogP contribution in [0.3, 0.4) is 0 Å². The average molecular weight is 484 g/mol. The van der Waals surface area contributed by atoms with Gasteiger partial charge >= 0.3 is 0 Å². The van der Waals surface area contributed by atoms with Gasteiger partial charge in [-0.2, -0.15) is 10.4 Å². The van der Waals surface area contributed by atoms with Crippen molar-refractivity contribution >= 4 is 28.8 Å². The summed E-state index contributed by atoms with van der Waals surface area (Å²) >= 11 is 0. The molecule has 1 amide bonds. The van der Waals surface area contributed by atoms with E-state index in [1.807, 2.05) is 25.4 Å². The highest BCUT2D eigenvalue weighted by Gasteiger charge is 2.42. The van der Waals surface area contributed by atoms with Crippen LogP contribution in [0.5, 0.6) is 0 Å². The molecule has 3 aromatic rings. The zero-order chi connectivity index (χ0) is 24.8. The van der Waals surface area contributed by atoms with Crippen LogP contribution in [-0.4, -0.2) is 68.9 Å². The molecule has 0 N–H and O–H groups in total. The van der Waals surface area contributed by atoms with Crippen LogP contribution in [0.15, 0.2) is 31.1 Å². The lowest BCUT2D eigenvalue weighted by molar-refractivity contribution is -0.142. The van der Waals surface area contributed by atoms with E-state index in [2.05, 4.69) is 32.5 Å². The van der Waals surface area contributed by atoms with Crippen LogP contribution in [0.4, 0.5) is 5.82 Å². The number of hydrogen-bond acceptors (Lipinski definition) is 7. The van der Waals surface area contributed by atoms with Gasteiger partial charge in [0.1, 0.15) is 11.9 Å². The first kappa shape index (κ1) is 22.7. The van der Waals surface area contributed by atoms with Crippen molar-refractivity contribution in [3.8, 4) is 17.2 Å². The third-order valence-corrected chi connectivity index (χ3v) is 7.63. The normalized spacial score (nSPS) is 21.8. The van der Waals surface area contributed by atoms with Gasteiger partial charge in [-0.3, -0.25) is 9.48 Å². The predicted octanol–water partition coefficient (Wildman–Crippen LogP) is 3.15. The first-order chi connectivity index (χ1) is 17.6. The topological polar surface area (TPSA) is 100 Å². The highest BCUT2D eigenvalue weighted by atomic mass is 16.5. The molecule has 1 saturated carbocycles. The number of carbonyl (C=O) groups is 1. The Bertz CT molecular complexity index is 1380. The molecule has 2 atom stereocenters. The van der Waals surface area contributed by atoms with Gasteiger partial charge in [-0.25, -0.2) is 9.97 Å². The molecule has 0 spiro atoms. The van der Waals surface area contributed by atoms with Gasteiger partial charge < -0.3 is 14.5 Å². The molecular weight excluding hydrogens is 454 g/mol. The van der Waals surface area contributed by atoms with Crippen LogP contribution in [-0.2, 0) is 16.6 Å². The highest BCUT2D eigenvalue weighted by molar-refractivity contribution is 5.94. The van der Waals surface area contributed by atoms with E-state index >= 15 is 0 Å². The number of pyridine rings is 2. The molecule has 2 saturated heterocycles. The van der Waals surface area contributed by atoms with Gasteiger partial charge in [0.15, 0.2) is 5.65 Å². The predicted molar refractivity (Wildman–Crippen MR) is 136 cm³/mol. The standard InChI is InChI=1S/C27H29N7O2/c1-3-20-11-22(23-15-30-32(2)27(23)31-20)19-10-18(13-28)26(29-14-19)33-7-8-34(24(16-33)17-4-5-17)25(35)12-21-6-9-36-21/h3,10-11,14-15,17,21,24H,1,4-9,12,16H2,2H3/t21-,24+/m1/s1. The maximum atomic E-state index is 13.0. The molecule has 3 fully saturated rings. The smallest absolute Gasteiger partial charge is 0.225 e. The number of nitriles is 1. The molecule has 9 nitrogen and oxygen atoms in total. The zero-order valence-electron chi connectivity index (χ0n) is 20.4. The molecular formula is C27H29N7O2. The number of aromatic nitrogens is 4. The van der Waals surface area contributed by atoms with Crippen molar-refractivity contribution in [3.63, 3.8) is 0 Å². The van der Waals surface area contributed by atoms with Crippen molar-refractivity contribution in [1.29, 1.82) is 5.26 Å². The van der Waals surface area contributed by atoms with Gasteiger partial charge in [0, 0.05) is 50.4 Å². The fourth-order valence-corrected chi connectivity index (χ4v) is 5.37. The van der Waals surface area contributed by atoms with Gasteiger partial charge in [-0.05, 0) is 49.0 Å². The summed E-state index contributed by atoms with van der Waals surface area (Å²) in [5.41, 5.74) is 3.78. The summed E-state index contributed by atoms with van der Waals surface area (Å²) < 4.78 is 7.23. The van der Waals surface area contributed by atoms with Crippen LogP contribution in [0.2, 0.25) is 0 Å². The maximum absolute atomic E-state index is 13.0. The molecule has 0 bridgehead atoms. The van der Waals surface area contributed by atoms with Crippen molar-refractivity contribution in [1.82, 2.24) is 24.6 Å². The number of ether oxygens (including phenoxy) is 1. The number of anilines is 1. The maximum Gasteiger partial charge on any atom is 0.225 e. The first-order valence-corrected chi connectivity index (χ1v) is 12.6. The average Bonchev–Trinajstić information content (AvgIpc) is 3.67. The van der Waals surface area contributed by atoms with Gasteiger partial charge in [0.2, 0.25) is 5.91 Å². The van der Waals surface area contributed by atoms with Crippen LogP contribution in [0, 0.1) is 17.2 Å². The lowest BCUT2D eigenvalue weighted by atomic mass is 10.0. The molecule has 6 rings (SSSR count). The van der Waals surface area contributed by atoms with Crippen molar-refractivity contribution in [2.75, 3.05) is 31.1 Å². The number of nitrogens with zero attached hydrogens (tertiary/aromatic N) is 7. The van der Waals surface area contributed by atoms with E-state index < -0.39 is 0 Å². The lowest BCUT2D eigenvalue weighted by Crippen LogP contribution is -2.57. The Balaban J connectivity index is 1.29. The molecule has 3 aliphatic rings. The quantitative estimate of drug-likeness (QED) is 0.531. The minimum Gasteiger partial charge on any atom is -0.377 e. The van der Waals surface area contributed by atoms with Crippen LogP contribution < -0.4 is 4.90 Å². The minimum absolute atomic E-state index is 0.0795. The molecule has 2 aliphatic heterocycles. The highest BCUT2D eigenvalue weighted by Crippen LogP contribution is 2.39. The SMILES string of the molecule is C=Cc1cc(-c2cnc(N3CCN(C(=O)C[C@H]4CCO4)[C@H](C4CC4)C3)c(C#N)c2)c2cnn(C)c2n1. The van der Waals surface area contributed by atoms with Crippen molar-refractivity contribution in [2.24, 2.45) is 13.0 Å². The lowest BCUT2D eigenvalue weighted by Gasteiger charge is -2.43. The molecule has 3 aromatic heterocycles. The monoisotopic (exact) mass is 483 g/mol. The zero-order valence-corrected chi connectivity index (χ0v) is 20.4. The van der Waals surface area contributed by atoms with Gasteiger partial charge in [0.25, 0.3) is 0 Å². The Labute approximate surface area is 210 Å². The number of rotatable bonds is 6.